The van der Waals surface area contributed by atoms with Gasteiger partial charge in [0.2, 0.25) is 0 Å². The third kappa shape index (κ3) is 3.15. The first-order chi connectivity index (χ1) is 13.2. The summed E-state index contributed by atoms with van der Waals surface area (Å²) in [6, 6.07) is 12.7. The van der Waals surface area contributed by atoms with Gasteiger partial charge in [-0.05, 0) is 24.3 Å². The molecule has 2 aromatic heterocycles. The third-order valence-corrected chi connectivity index (χ3v) is 4.08. The van der Waals surface area contributed by atoms with Gasteiger partial charge in [0.05, 0.1) is 36.4 Å². The van der Waals surface area contributed by atoms with Crippen molar-refractivity contribution in [1.82, 2.24) is 25.9 Å². The molecule has 3 N–H and O–H groups in total. The highest BCUT2D eigenvalue weighted by atomic mass is 16.5. The number of methoxy groups -OCH3 is 1. The maximum atomic E-state index is 12.7. The van der Waals surface area contributed by atoms with Crippen LogP contribution in [0.5, 0.6) is 5.75 Å². The van der Waals surface area contributed by atoms with E-state index >= 15 is 0 Å². The highest BCUT2D eigenvalue weighted by Crippen LogP contribution is 2.26. The molecule has 0 atom stereocenters. The average molecular weight is 359 g/mol. The predicted molar refractivity (Wildman–Crippen MR) is 101 cm³/mol. The van der Waals surface area contributed by atoms with Crippen molar-refractivity contribution in [3.05, 3.63) is 60.6 Å². The van der Waals surface area contributed by atoms with E-state index in [9.17, 15) is 4.79 Å². The zero-order valence-corrected chi connectivity index (χ0v) is 14.4. The van der Waals surface area contributed by atoms with Gasteiger partial charge in [-0.15, -0.1) is 0 Å². The predicted octanol–water partition coefficient (Wildman–Crippen LogP) is 3.20. The topological polar surface area (TPSA) is 117 Å². The number of anilines is 1. The second-order valence-corrected chi connectivity index (χ2v) is 5.78. The van der Waals surface area contributed by atoms with Gasteiger partial charge in [0.25, 0.3) is 5.91 Å². The molecule has 8 heteroatoms. The Bertz CT molecular complexity index is 1140. The minimum absolute atomic E-state index is 0.0642. The normalized spacial score (nSPS) is 10.7. The molecule has 0 spiro atoms. The highest BCUT2D eigenvalue weighted by molar-refractivity contribution is 6.06. The molecular weight excluding hydrogens is 344 g/mol. The molecular formula is C19H15N6O2. The summed E-state index contributed by atoms with van der Waals surface area (Å²) in [5.41, 5.74) is 10.6. The van der Waals surface area contributed by atoms with Gasteiger partial charge in [-0.2, -0.15) is 5.10 Å². The summed E-state index contributed by atoms with van der Waals surface area (Å²) >= 11 is 0. The Kier molecular flexibility index (Phi) is 4.13. The van der Waals surface area contributed by atoms with Crippen LogP contribution in [0.3, 0.4) is 0 Å². The van der Waals surface area contributed by atoms with E-state index < -0.39 is 5.91 Å². The van der Waals surface area contributed by atoms with Crippen LogP contribution in [0.4, 0.5) is 11.5 Å². The van der Waals surface area contributed by atoms with Gasteiger partial charge >= 0.3 is 0 Å². The Morgan fingerprint density at radius 2 is 2.04 bits per heavy atom. The lowest BCUT2D eigenvalue weighted by atomic mass is 10.1. The second kappa shape index (κ2) is 6.75. The number of carbonyl (C=O) groups excluding carboxylic acids is 1. The standard InChI is InChI=1S/C19H15N6O2/c1-27-16-5-3-2-4-14(16)24-19(26)17-18(20)21-10-15(23-17)11-6-7-13-12(8-11)9-22-25-13/h2-10,20H,1H3,(H,22,25)(H,24,26). The summed E-state index contributed by atoms with van der Waals surface area (Å²) in [6.45, 7) is 0. The monoisotopic (exact) mass is 359 g/mol. The highest BCUT2D eigenvalue weighted by Gasteiger charge is 2.17. The van der Waals surface area contributed by atoms with Crippen LogP contribution in [-0.2, 0) is 0 Å². The maximum Gasteiger partial charge on any atom is 0.278 e. The number of aromatic amines is 1. The zero-order chi connectivity index (χ0) is 18.8. The van der Waals surface area contributed by atoms with Gasteiger partial charge < -0.3 is 10.1 Å². The van der Waals surface area contributed by atoms with Crippen LogP contribution in [0.2, 0.25) is 0 Å². The largest absolute Gasteiger partial charge is 0.495 e. The lowest BCUT2D eigenvalue weighted by Crippen LogP contribution is -2.16. The van der Waals surface area contributed by atoms with Crippen LogP contribution in [0.25, 0.3) is 22.2 Å². The van der Waals surface area contributed by atoms with Crippen LogP contribution < -0.4 is 15.8 Å². The van der Waals surface area contributed by atoms with Gasteiger partial charge in [-0.1, -0.05) is 18.2 Å². The Morgan fingerprint density at radius 3 is 2.89 bits per heavy atom. The number of hydrogen-bond acceptors (Lipinski definition) is 5. The second-order valence-electron chi connectivity index (χ2n) is 5.78. The Labute approximate surface area is 154 Å². The molecule has 4 aromatic rings. The summed E-state index contributed by atoms with van der Waals surface area (Å²) in [5, 5.41) is 10.5. The molecule has 0 aliphatic heterocycles. The fourth-order valence-corrected chi connectivity index (χ4v) is 2.72. The molecule has 4 rings (SSSR count). The maximum absolute atomic E-state index is 12.7. The molecule has 1 radical (unpaired) electrons. The number of fused-ring (bicyclic) bond motifs is 1. The molecule has 2 heterocycles. The molecule has 133 valence electrons. The van der Waals surface area contributed by atoms with E-state index in [1.165, 1.54) is 13.3 Å². The molecule has 0 unspecified atom stereocenters. The first-order valence-electron chi connectivity index (χ1n) is 8.12. The van der Waals surface area contributed by atoms with Crippen LogP contribution in [-0.4, -0.2) is 33.2 Å². The minimum atomic E-state index is -0.525. The van der Waals surface area contributed by atoms with Gasteiger partial charge in [0.15, 0.2) is 11.5 Å². The van der Waals surface area contributed by atoms with E-state index in [-0.39, 0.29) is 11.5 Å². The molecule has 2 aromatic carbocycles. The molecule has 0 fully saturated rings. The fraction of sp³-hybridized carbons (Fsp3) is 0.0526. The summed E-state index contributed by atoms with van der Waals surface area (Å²) in [4.78, 5) is 21.0. The number of aromatic nitrogens is 4. The van der Waals surface area contributed by atoms with Crippen molar-refractivity contribution in [2.45, 2.75) is 0 Å². The average Bonchev–Trinajstić information content (AvgIpc) is 3.16. The number of carbonyl (C=O) groups is 1. The van der Waals surface area contributed by atoms with Crippen molar-refractivity contribution >= 4 is 28.3 Å². The number of nitrogens with one attached hydrogen (secondary N) is 3. The van der Waals surface area contributed by atoms with Crippen LogP contribution in [0.1, 0.15) is 10.5 Å². The summed E-state index contributed by atoms with van der Waals surface area (Å²) in [6.07, 6.45) is 3.18. The molecule has 0 aliphatic rings. The number of benzene rings is 2. The Balaban J connectivity index is 1.68. The van der Waals surface area contributed by atoms with Gasteiger partial charge in [-0.3, -0.25) is 15.6 Å². The smallest absolute Gasteiger partial charge is 0.278 e. The van der Waals surface area contributed by atoms with Crippen molar-refractivity contribution < 1.29 is 9.53 Å². The molecule has 0 bridgehead atoms. The number of para-hydroxylation sites is 2. The summed E-state index contributed by atoms with van der Waals surface area (Å²) in [5.74, 6) is -0.203. The quantitative estimate of drug-likeness (QED) is 0.580. The van der Waals surface area contributed by atoms with Crippen LogP contribution >= 0.6 is 0 Å². The van der Waals surface area contributed by atoms with Crippen molar-refractivity contribution in [2.24, 2.45) is 0 Å². The molecule has 0 saturated heterocycles. The number of nitrogens with zero attached hydrogens (tertiary/aromatic N) is 3. The number of ether oxygens (including phenoxy) is 1. The molecule has 1 amide bonds. The first kappa shape index (κ1) is 16.5. The molecule has 8 nitrogen and oxygen atoms in total. The van der Waals surface area contributed by atoms with Crippen molar-refractivity contribution in [2.75, 3.05) is 12.4 Å². The van der Waals surface area contributed by atoms with Crippen molar-refractivity contribution in [3.63, 3.8) is 0 Å². The van der Waals surface area contributed by atoms with E-state index in [4.69, 9.17) is 10.5 Å². The van der Waals surface area contributed by atoms with E-state index in [1.807, 2.05) is 18.2 Å². The Hall–Kier alpha value is -3.94. The van der Waals surface area contributed by atoms with Gasteiger partial charge in [0.1, 0.15) is 5.75 Å². The zero-order valence-electron chi connectivity index (χ0n) is 14.4. The molecule has 0 aliphatic carbocycles. The minimum Gasteiger partial charge on any atom is -0.495 e. The summed E-state index contributed by atoms with van der Waals surface area (Å²) in [7, 11) is 1.52. The van der Waals surface area contributed by atoms with E-state index in [1.54, 1.807) is 30.5 Å². The summed E-state index contributed by atoms with van der Waals surface area (Å²) < 4.78 is 5.23. The van der Waals surface area contributed by atoms with E-state index in [0.717, 1.165) is 16.5 Å². The van der Waals surface area contributed by atoms with Crippen LogP contribution in [0.15, 0.2) is 54.9 Å². The van der Waals surface area contributed by atoms with E-state index in [2.05, 4.69) is 25.5 Å². The first-order valence-corrected chi connectivity index (χ1v) is 8.12. The number of H-pyrrole nitrogens is 1. The van der Waals surface area contributed by atoms with Crippen molar-refractivity contribution in [3.8, 4) is 17.0 Å². The number of amides is 1. The lowest BCUT2D eigenvalue weighted by molar-refractivity contribution is 0.102. The van der Waals surface area contributed by atoms with Gasteiger partial charge in [0, 0.05) is 10.9 Å². The molecule has 0 saturated carbocycles. The lowest BCUT2D eigenvalue weighted by Gasteiger charge is -2.11. The third-order valence-electron chi connectivity index (χ3n) is 4.08. The fourth-order valence-electron chi connectivity index (χ4n) is 2.72. The van der Waals surface area contributed by atoms with Crippen molar-refractivity contribution in [1.29, 1.82) is 0 Å². The Morgan fingerprint density at radius 1 is 1.19 bits per heavy atom. The SMILES string of the molecule is COc1ccccc1NC(=O)c1nc(-c2ccc3[nH]ncc3c2)cnc1[NH]. The van der Waals surface area contributed by atoms with Gasteiger partial charge in [-0.25, -0.2) is 9.97 Å². The number of rotatable bonds is 4. The van der Waals surface area contributed by atoms with Crippen LogP contribution in [0, 0.1) is 0 Å². The molecule has 27 heavy (non-hydrogen) atoms. The van der Waals surface area contributed by atoms with E-state index in [0.29, 0.717) is 17.1 Å². The number of hydrogen-bond donors (Lipinski definition) is 2.